The molecule has 2 rings (SSSR count). The monoisotopic (exact) mass is 234 g/mol. The Hall–Kier alpha value is -1.60. The quantitative estimate of drug-likeness (QED) is 0.873. The fourth-order valence-corrected chi connectivity index (χ4v) is 2.13. The van der Waals surface area contributed by atoms with Crippen LogP contribution in [0.2, 0.25) is 0 Å². The van der Waals surface area contributed by atoms with Crippen molar-refractivity contribution in [3.05, 3.63) is 29.6 Å². The van der Waals surface area contributed by atoms with E-state index in [1.165, 1.54) is 18.2 Å². The smallest absolute Gasteiger partial charge is 0.166 e. The number of rotatable bonds is 3. The molecule has 0 saturated heterocycles. The highest BCUT2D eigenvalue weighted by Crippen LogP contribution is 2.28. The first-order valence-corrected chi connectivity index (χ1v) is 5.74. The van der Waals surface area contributed by atoms with Gasteiger partial charge in [-0.2, -0.15) is 5.26 Å². The lowest BCUT2D eigenvalue weighted by atomic mass is 10.0. The molecule has 0 spiro atoms. The average Bonchev–Trinajstić information content (AvgIpc) is 2.75. The van der Waals surface area contributed by atoms with E-state index in [1.807, 2.05) is 6.07 Å². The molecule has 4 heteroatoms. The Labute approximate surface area is 100.0 Å². The SMILES string of the molecule is N#Cc1ccc(OCC2(N)CCCC2)c(F)c1. The number of hydrogen-bond acceptors (Lipinski definition) is 3. The van der Waals surface area contributed by atoms with Gasteiger partial charge in [-0.1, -0.05) is 12.8 Å². The molecule has 0 aliphatic heterocycles. The first-order chi connectivity index (χ1) is 8.13. The molecule has 0 atom stereocenters. The van der Waals surface area contributed by atoms with Gasteiger partial charge in [0.2, 0.25) is 0 Å². The van der Waals surface area contributed by atoms with E-state index in [0.29, 0.717) is 6.61 Å². The predicted octanol–water partition coefficient (Wildman–Crippen LogP) is 2.35. The number of ether oxygens (including phenoxy) is 1. The Morgan fingerprint density at radius 2 is 2.12 bits per heavy atom. The normalized spacial score (nSPS) is 17.7. The summed E-state index contributed by atoms with van der Waals surface area (Å²) in [5.74, 6) is -0.341. The minimum Gasteiger partial charge on any atom is -0.489 e. The maximum Gasteiger partial charge on any atom is 0.166 e. The van der Waals surface area contributed by atoms with Crippen LogP contribution >= 0.6 is 0 Å². The first kappa shape index (κ1) is 11.9. The fourth-order valence-electron chi connectivity index (χ4n) is 2.13. The maximum absolute atomic E-state index is 13.5. The third kappa shape index (κ3) is 2.75. The van der Waals surface area contributed by atoms with E-state index in [9.17, 15) is 4.39 Å². The molecular formula is C13H15FN2O. The summed E-state index contributed by atoms with van der Waals surface area (Å²) >= 11 is 0. The summed E-state index contributed by atoms with van der Waals surface area (Å²) in [6.45, 7) is 0.329. The highest BCUT2D eigenvalue weighted by molar-refractivity contribution is 5.36. The van der Waals surface area contributed by atoms with Gasteiger partial charge in [-0.3, -0.25) is 0 Å². The number of halogens is 1. The van der Waals surface area contributed by atoms with Crippen molar-refractivity contribution in [1.82, 2.24) is 0 Å². The predicted molar refractivity (Wildman–Crippen MR) is 62.0 cm³/mol. The number of nitrogens with zero attached hydrogens (tertiary/aromatic N) is 1. The molecule has 3 nitrogen and oxygen atoms in total. The van der Waals surface area contributed by atoms with E-state index in [-0.39, 0.29) is 16.9 Å². The molecule has 0 aromatic heterocycles. The van der Waals surface area contributed by atoms with Gasteiger partial charge in [-0.05, 0) is 31.0 Å². The highest BCUT2D eigenvalue weighted by atomic mass is 19.1. The summed E-state index contributed by atoms with van der Waals surface area (Å²) in [5.41, 5.74) is 6.08. The van der Waals surface area contributed by atoms with Gasteiger partial charge in [0.15, 0.2) is 11.6 Å². The lowest BCUT2D eigenvalue weighted by molar-refractivity contribution is 0.213. The van der Waals surface area contributed by atoms with Crippen molar-refractivity contribution in [3.8, 4) is 11.8 Å². The molecule has 0 radical (unpaired) electrons. The second-order valence-corrected chi connectivity index (χ2v) is 4.62. The Morgan fingerprint density at radius 3 is 2.71 bits per heavy atom. The van der Waals surface area contributed by atoms with E-state index in [0.717, 1.165) is 25.7 Å². The van der Waals surface area contributed by atoms with Gasteiger partial charge in [0.05, 0.1) is 17.2 Å². The lowest BCUT2D eigenvalue weighted by Gasteiger charge is -2.23. The number of nitriles is 1. The third-order valence-corrected chi connectivity index (χ3v) is 3.18. The topological polar surface area (TPSA) is 59.0 Å². The molecule has 2 N–H and O–H groups in total. The van der Waals surface area contributed by atoms with E-state index >= 15 is 0 Å². The summed E-state index contributed by atoms with van der Waals surface area (Å²) in [6, 6.07) is 6.07. The Kier molecular flexibility index (Phi) is 3.30. The van der Waals surface area contributed by atoms with Gasteiger partial charge < -0.3 is 10.5 Å². The summed E-state index contributed by atoms with van der Waals surface area (Å²) in [4.78, 5) is 0. The highest BCUT2D eigenvalue weighted by Gasteiger charge is 2.30. The molecule has 1 aliphatic carbocycles. The zero-order valence-corrected chi connectivity index (χ0v) is 9.58. The number of hydrogen-bond donors (Lipinski definition) is 1. The van der Waals surface area contributed by atoms with Crippen molar-refractivity contribution in [2.45, 2.75) is 31.2 Å². The molecule has 1 saturated carbocycles. The summed E-state index contributed by atoms with van der Waals surface area (Å²) in [5, 5.41) is 8.62. The second-order valence-electron chi connectivity index (χ2n) is 4.62. The van der Waals surface area contributed by atoms with Gasteiger partial charge in [0.1, 0.15) is 6.61 Å². The molecular weight excluding hydrogens is 219 g/mol. The van der Waals surface area contributed by atoms with Gasteiger partial charge in [-0.25, -0.2) is 4.39 Å². The minimum atomic E-state index is -0.509. The second kappa shape index (κ2) is 4.72. The van der Waals surface area contributed by atoms with Gasteiger partial charge in [-0.15, -0.1) is 0 Å². The lowest BCUT2D eigenvalue weighted by Crippen LogP contribution is -2.42. The van der Waals surface area contributed by atoms with Crippen LogP contribution in [0, 0.1) is 17.1 Å². The van der Waals surface area contributed by atoms with Crippen molar-refractivity contribution < 1.29 is 9.13 Å². The molecule has 1 aliphatic rings. The van der Waals surface area contributed by atoms with Crippen LogP contribution in [-0.4, -0.2) is 12.1 Å². The number of nitrogens with two attached hydrogens (primary N) is 1. The molecule has 0 unspecified atom stereocenters. The Balaban J connectivity index is 2.02. The largest absolute Gasteiger partial charge is 0.489 e. The van der Waals surface area contributed by atoms with E-state index < -0.39 is 5.82 Å². The van der Waals surface area contributed by atoms with Gasteiger partial charge >= 0.3 is 0 Å². The van der Waals surface area contributed by atoms with Crippen LogP contribution in [0.25, 0.3) is 0 Å². The minimum absolute atomic E-state index is 0.167. The molecule has 0 heterocycles. The Bertz CT molecular complexity index is 447. The molecule has 90 valence electrons. The average molecular weight is 234 g/mol. The van der Waals surface area contributed by atoms with Crippen LogP contribution < -0.4 is 10.5 Å². The maximum atomic E-state index is 13.5. The molecule has 1 aromatic rings. The van der Waals surface area contributed by atoms with Crippen LogP contribution in [-0.2, 0) is 0 Å². The Morgan fingerprint density at radius 1 is 1.41 bits per heavy atom. The van der Waals surface area contributed by atoms with E-state index in [4.69, 9.17) is 15.7 Å². The summed E-state index contributed by atoms with van der Waals surface area (Å²) < 4.78 is 18.9. The van der Waals surface area contributed by atoms with Crippen molar-refractivity contribution in [1.29, 1.82) is 5.26 Å². The molecule has 1 aromatic carbocycles. The van der Waals surface area contributed by atoms with Crippen molar-refractivity contribution >= 4 is 0 Å². The van der Waals surface area contributed by atoms with Crippen molar-refractivity contribution in [2.24, 2.45) is 5.73 Å². The van der Waals surface area contributed by atoms with E-state index in [1.54, 1.807) is 0 Å². The van der Waals surface area contributed by atoms with Crippen LogP contribution in [0.4, 0.5) is 4.39 Å². The zero-order valence-electron chi connectivity index (χ0n) is 9.58. The van der Waals surface area contributed by atoms with Gasteiger partial charge in [0, 0.05) is 0 Å². The van der Waals surface area contributed by atoms with Crippen molar-refractivity contribution in [3.63, 3.8) is 0 Å². The first-order valence-electron chi connectivity index (χ1n) is 5.74. The van der Waals surface area contributed by atoms with Crippen LogP contribution in [0.5, 0.6) is 5.75 Å². The summed E-state index contributed by atoms with van der Waals surface area (Å²) in [7, 11) is 0. The summed E-state index contributed by atoms with van der Waals surface area (Å²) in [6.07, 6.45) is 4.06. The van der Waals surface area contributed by atoms with Crippen molar-refractivity contribution in [2.75, 3.05) is 6.61 Å². The fraction of sp³-hybridized carbons (Fsp3) is 0.462. The zero-order chi connectivity index (χ0) is 12.3. The van der Waals surface area contributed by atoms with Gasteiger partial charge in [0.25, 0.3) is 0 Å². The molecule has 0 amide bonds. The molecule has 0 bridgehead atoms. The van der Waals surface area contributed by atoms with Crippen LogP contribution in [0.15, 0.2) is 18.2 Å². The molecule has 1 fully saturated rings. The standard InChI is InChI=1S/C13H15FN2O/c14-11-7-10(8-15)3-4-12(11)17-9-13(16)5-1-2-6-13/h3-4,7H,1-2,5-6,9,16H2. The van der Waals surface area contributed by atoms with Crippen LogP contribution in [0.1, 0.15) is 31.2 Å². The number of benzene rings is 1. The molecule has 17 heavy (non-hydrogen) atoms. The third-order valence-electron chi connectivity index (χ3n) is 3.18. The van der Waals surface area contributed by atoms with E-state index in [2.05, 4.69) is 0 Å². The van der Waals surface area contributed by atoms with Crippen LogP contribution in [0.3, 0.4) is 0 Å².